The van der Waals surface area contributed by atoms with E-state index in [9.17, 15) is 19.5 Å². The number of nitrogens with zero attached hydrogens (tertiary/aromatic N) is 1. The minimum Gasteiger partial charge on any atom is -0.481 e. The molecule has 0 saturated carbocycles. The van der Waals surface area contributed by atoms with Crippen LogP contribution in [-0.2, 0) is 14.3 Å². The van der Waals surface area contributed by atoms with Crippen molar-refractivity contribution in [3.05, 3.63) is 59.7 Å². The lowest BCUT2D eigenvalue weighted by molar-refractivity contribution is -0.146. The van der Waals surface area contributed by atoms with Crippen molar-refractivity contribution in [3.63, 3.8) is 0 Å². The number of likely N-dealkylation sites (tertiary alicyclic amines) is 1. The van der Waals surface area contributed by atoms with E-state index < -0.39 is 24.0 Å². The van der Waals surface area contributed by atoms with Crippen LogP contribution in [0.15, 0.2) is 48.5 Å². The number of benzene rings is 2. The molecule has 180 valence electrons. The Kier molecular flexibility index (Phi) is 7.77. The molecule has 0 unspecified atom stereocenters. The first kappa shape index (κ1) is 24.1. The summed E-state index contributed by atoms with van der Waals surface area (Å²) in [6, 6.07) is 15.5. The maximum Gasteiger partial charge on any atom is 0.407 e. The van der Waals surface area contributed by atoms with Crippen LogP contribution >= 0.6 is 11.8 Å². The summed E-state index contributed by atoms with van der Waals surface area (Å²) in [4.78, 5) is 38.9. The molecule has 1 fully saturated rings. The summed E-state index contributed by atoms with van der Waals surface area (Å²) in [6.07, 6.45) is 2.97. The Labute approximate surface area is 203 Å². The van der Waals surface area contributed by atoms with Gasteiger partial charge in [0.15, 0.2) is 0 Å². The van der Waals surface area contributed by atoms with Crippen molar-refractivity contribution in [2.24, 2.45) is 5.92 Å². The number of aliphatic carboxylic acids is 1. The van der Waals surface area contributed by atoms with Crippen LogP contribution in [0, 0.1) is 5.92 Å². The number of rotatable bonds is 8. The lowest BCUT2D eigenvalue weighted by Crippen LogP contribution is -2.52. The molecule has 8 heteroatoms. The van der Waals surface area contributed by atoms with Gasteiger partial charge in [-0.3, -0.25) is 9.59 Å². The van der Waals surface area contributed by atoms with Crippen LogP contribution < -0.4 is 5.32 Å². The molecule has 2 atom stereocenters. The van der Waals surface area contributed by atoms with Gasteiger partial charge in [-0.25, -0.2) is 4.79 Å². The van der Waals surface area contributed by atoms with Gasteiger partial charge in [-0.2, -0.15) is 11.8 Å². The summed E-state index contributed by atoms with van der Waals surface area (Å²) >= 11 is 1.59. The highest BCUT2D eigenvalue weighted by atomic mass is 32.2. The first-order valence-electron chi connectivity index (χ1n) is 11.6. The van der Waals surface area contributed by atoms with Crippen molar-refractivity contribution in [2.45, 2.75) is 31.2 Å². The summed E-state index contributed by atoms with van der Waals surface area (Å²) in [5.41, 5.74) is 4.55. The Balaban J connectivity index is 1.41. The van der Waals surface area contributed by atoms with Gasteiger partial charge in [0.1, 0.15) is 12.6 Å². The highest BCUT2D eigenvalue weighted by Crippen LogP contribution is 2.44. The molecule has 7 nitrogen and oxygen atoms in total. The fourth-order valence-corrected chi connectivity index (χ4v) is 5.35. The van der Waals surface area contributed by atoms with Gasteiger partial charge in [0.05, 0.1) is 5.92 Å². The molecule has 1 saturated heterocycles. The molecule has 34 heavy (non-hydrogen) atoms. The maximum atomic E-state index is 13.1. The molecule has 0 bridgehead atoms. The zero-order chi connectivity index (χ0) is 24.1. The van der Waals surface area contributed by atoms with E-state index in [1.54, 1.807) is 16.7 Å². The molecule has 1 aliphatic heterocycles. The van der Waals surface area contributed by atoms with Gasteiger partial charge in [0.25, 0.3) is 0 Å². The number of amides is 2. The molecule has 1 heterocycles. The smallest absolute Gasteiger partial charge is 0.407 e. The Bertz CT molecular complexity index is 1010. The van der Waals surface area contributed by atoms with Crippen LogP contribution in [-0.4, -0.2) is 65.7 Å². The molecule has 2 aliphatic rings. The average molecular weight is 483 g/mol. The van der Waals surface area contributed by atoms with Gasteiger partial charge in [0.2, 0.25) is 5.91 Å². The normalized spacial score (nSPS) is 18.0. The van der Waals surface area contributed by atoms with E-state index in [0.717, 1.165) is 22.3 Å². The van der Waals surface area contributed by atoms with Crippen molar-refractivity contribution >= 4 is 29.7 Å². The summed E-state index contributed by atoms with van der Waals surface area (Å²) in [6.45, 7) is 0.856. The van der Waals surface area contributed by atoms with Gasteiger partial charge in [-0.15, -0.1) is 0 Å². The number of carboxylic acids is 1. The number of hydrogen-bond donors (Lipinski definition) is 2. The number of carbonyl (C=O) groups excluding carboxylic acids is 2. The summed E-state index contributed by atoms with van der Waals surface area (Å²) in [5, 5.41) is 12.1. The van der Waals surface area contributed by atoms with Gasteiger partial charge in [0, 0.05) is 19.0 Å². The second kappa shape index (κ2) is 11.0. The average Bonchev–Trinajstić information content (AvgIpc) is 3.18. The molecule has 2 aromatic rings. The number of ether oxygens (including phenoxy) is 1. The van der Waals surface area contributed by atoms with Gasteiger partial charge in [-0.05, 0) is 53.5 Å². The van der Waals surface area contributed by atoms with Crippen LogP contribution in [0.1, 0.15) is 36.3 Å². The van der Waals surface area contributed by atoms with E-state index in [2.05, 4.69) is 29.6 Å². The monoisotopic (exact) mass is 482 g/mol. The third-order valence-electron chi connectivity index (χ3n) is 6.63. The number of carboxylic acid groups (broad SMARTS) is 1. The fraction of sp³-hybridized carbons (Fsp3) is 0.423. The molecule has 2 aromatic carbocycles. The van der Waals surface area contributed by atoms with Gasteiger partial charge < -0.3 is 20.1 Å². The zero-order valence-electron chi connectivity index (χ0n) is 19.2. The lowest BCUT2D eigenvalue weighted by Gasteiger charge is -2.33. The topological polar surface area (TPSA) is 95.9 Å². The third kappa shape index (κ3) is 5.22. The van der Waals surface area contributed by atoms with E-state index >= 15 is 0 Å². The molecule has 2 amide bonds. The van der Waals surface area contributed by atoms with Crippen LogP contribution in [0.3, 0.4) is 0 Å². The zero-order valence-corrected chi connectivity index (χ0v) is 20.1. The van der Waals surface area contributed by atoms with E-state index in [0.29, 0.717) is 31.6 Å². The summed E-state index contributed by atoms with van der Waals surface area (Å²) in [7, 11) is 0. The number of hydrogen-bond acceptors (Lipinski definition) is 5. The number of nitrogens with one attached hydrogen (secondary N) is 1. The minimum absolute atomic E-state index is 0.0584. The van der Waals surface area contributed by atoms with E-state index in [1.807, 2.05) is 30.5 Å². The molecule has 0 aromatic heterocycles. The Morgan fingerprint density at radius 1 is 1.12 bits per heavy atom. The number of alkyl carbamates (subject to hydrolysis) is 1. The fourth-order valence-electron chi connectivity index (χ4n) is 4.87. The van der Waals surface area contributed by atoms with Crippen molar-refractivity contribution in [2.75, 3.05) is 31.7 Å². The SMILES string of the molecule is CSCC[C@H](NC(=O)OCC1c2ccccc2-c2ccccc21)C(=O)N1CCC[C@@H](C(=O)O)C1. The predicted molar refractivity (Wildman–Crippen MR) is 132 cm³/mol. The highest BCUT2D eigenvalue weighted by molar-refractivity contribution is 7.98. The third-order valence-corrected chi connectivity index (χ3v) is 7.27. The van der Waals surface area contributed by atoms with Crippen molar-refractivity contribution in [3.8, 4) is 11.1 Å². The van der Waals surface area contributed by atoms with Crippen molar-refractivity contribution < 1.29 is 24.2 Å². The second-order valence-corrected chi connectivity index (χ2v) is 9.75. The maximum absolute atomic E-state index is 13.1. The second-order valence-electron chi connectivity index (χ2n) is 8.77. The molecule has 2 N–H and O–H groups in total. The lowest BCUT2D eigenvalue weighted by atomic mass is 9.97. The molecular weight excluding hydrogens is 452 g/mol. The molecule has 1 aliphatic carbocycles. The van der Waals surface area contributed by atoms with E-state index in [4.69, 9.17) is 4.74 Å². The standard InChI is InChI=1S/C26H30N2O5S/c1-34-14-12-23(24(29)28-13-6-7-17(15-28)25(30)31)27-26(32)33-16-22-20-10-4-2-8-18(20)19-9-3-5-11-21(19)22/h2-5,8-11,17,22-23H,6-7,12-16H2,1H3,(H,27,32)(H,30,31)/t17-,23+/m1/s1. The number of thioether (sulfide) groups is 1. The molecule has 4 rings (SSSR count). The summed E-state index contributed by atoms with van der Waals surface area (Å²) < 4.78 is 5.63. The Morgan fingerprint density at radius 2 is 1.76 bits per heavy atom. The number of fused-ring (bicyclic) bond motifs is 3. The molecule has 0 spiro atoms. The first-order chi connectivity index (χ1) is 16.5. The van der Waals surface area contributed by atoms with Crippen molar-refractivity contribution in [1.82, 2.24) is 10.2 Å². The van der Waals surface area contributed by atoms with Crippen LogP contribution in [0.4, 0.5) is 4.79 Å². The molecule has 0 radical (unpaired) electrons. The minimum atomic E-state index is -0.886. The van der Waals surface area contributed by atoms with Gasteiger partial charge >= 0.3 is 12.1 Å². The van der Waals surface area contributed by atoms with E-state index in [1.165, 1.54) is 0 Å². The molecular formula is C26H30N2O5S. The number of carbonyl (C=O) groups is 3. The van der Waals surface area contributed by atoms with E-state index in [-0.39, 0.29) is 25.0 Å². The van der Waals surface area contributed by atoms with Gasteiger partial charge in [-0.1, -0.05) is 48.5 Å². The quantitative estimate of drug-likeness (QED) is 0.591. The number of piperidine rings is 1. The highest BCUT2D eigenvalue weighted by Gasteiger charge is 2.33. The first-order valence-corrected chi connectivity index (χ1v) is 13.0. The van der Waals surface area contributed by atoms with Crippen LogP contribution in [0.25, 0.3) is 11.1 Å². The van der Waals surface area contributed by atoms with Crippen LogP contribution in [0.5, 0.6) is 0 Å². The van der Waals surface area contributed by atoms with Crippen LogP contribution in [0.2, 0.25) is 0 Å². The summed E-state index contributed by atoms with van der Waals surface area (Å²) in [5.74, 6) is -1.06. The largest absolute Gasteiger partial charge is 0.481 e. The Hall–Kier alpha value is -3.00. The Morgan fingerprint density at radius 3 is 2.38 bits per heavy atom. The van der Waals surface area contributed by atoms with Crippen molar-refractivity contribution in [1.29, 1.82) is 0 Å². The predicted octanol–water partition coefficient (Wildman–Crippen LogP) is 3.97.